The molecule has 0 nitrogen and oxygen atoms in total. The molecule has 0 bridgehead atoms. The van der Waals surface area contributed by atoms with E-state index in [0.717, 1.165) is 11.1 Å². The highest BCUT2D eigenvalue weighted by molar-refractivity contribution is 5.65. The molecule has 34 heavy (non-hydrogen) atoms. The Hall–Kier alpha value is -3.40. The van der Waals surface area contributed by atoms with E-state index in [4.69, 9.17) is 0 Å². The smallest absolute Gasteiger partial charge is 0.131 e. The van der Waals surface area contributed by atoms with Gasteiger partial charge in [-0.2, -0.15) is 0 Å². The van der Waals surface area contributed by atoms with Crippen LogP contribution >= 0.6 is 0 Å². The average Bonchev–Trinajstić information content (AvgIpc) is 2.84. The van der Waals surface area contributed by atoms with Crippen molar-refractivity contribution in [2.75, 3.05) is 0 Å². The summed E-state index contributed by atoms with van der Waals surface area (Å²) in [4.78, 5) is 0. The minimum absolute atomic E-state index is 0.276. The Labute approximate surface area is 200 Å². The van der Waals surface area contributed by atoms with Crippen LogP contribution in [0, 0.1) is 37.1 Å². The van der Waals surface area contributed by atoms with Gasteiger partial charge in [-0.05, 0) is 60.9 Å². The van der Waals surface area contributed by atoms with Crippen molar-refractivity contribution in [1.82, 2.24) is 0 Å². The summed E-state index contributed by atoms with van der Waals surface area (Å²) < 4.78 is 53.2. The molecule has 0 aromatic heterocycles. The molecule has 0 aliphatic rings. The third kappa shape index (κ3) is 8.18. The van der Waals surface area contributed by atoms with E-state index in [1.54, 1.807) is 55.5 Å². The van der Waals surface area contributed by atoms with Crippen LogP contribution in [0.1, 0.15) is 38.8 Å². The summed E-state index contributed by atoms with van der Waals surface area (Å²) in [5.41, 5.74) is 3.49. The second-order valence-corrected chi connectivity index (χ2v) is 6.95. The fourth-order valence-electron chi connectivity index (χ4n) is 3.00. The molecule has 0 amide bonds. The van der Waals surface area contributed by atoms with E-state index in [2.05, 4.69) is 0 Å². The van der Waals surface area contributed by atoms with E-state index < -0.39 is 5.82 Å². The van der Waals surface area contributed by atoms with E-state index in [0.29, 0.717) is 22.3 Å². The number of hydrogen-bond donors (Lipinski definition) is 0. The van der Waals surface area contributed by atoms with Gasteiger partial charge >= 0.3 is 0 Å². The van der Waals surface area contributed by atoms with Crippen molar-refractivity contribution in [3.8, 4) is 22.3 Å². The van der Waals surface area contributed by atoms with Gasteiger partial charge in [0, 0.05) is 16.7 Å². The van der Waals surface area contributed by atoms with Crippen LogP contribution in [0.2, 0.25) is 0 Å². The molecule has 0 radical (unpaired) electrons. The molecule has 180 valence electrons. The maximum atomic E-state index is 13.5. The van der Waals surface area contributed by atoms with Crippen LogP contribution in [0.25, 0.3) is 22.3 Å². The van der Waals surface area contributed by atoms with Gasteiger partial charge in [-0.1, -0.05) is 82.3 Å². The van der Waals surface area contributed by atoms with Crippen molar-refractivity contribution in [3.05, 3.63) is 119 Å². The summed E-state index contributed by atoms with van der Waals surface area (Å²) in [6.07, 6.45) is 0. The average molecular weight is 469 g/mol. The van der Waals surface area contributed by atoms with Gasteiger partial charge in [0.25, 0.3) is 0 Å². The maximum Gasteiger partial charge on any atom is 0.131 e. The molecule has 0 heterocycles. The highest BCUT2D eigenvalue weighted by Crippen LogP contribution is 2.26. The zero-order valence-corrected chi connectivity index (χ0v) is 20.6. The van der Waals surface area contributed by atoms with Gasteiger partial charge in [-0.15, -0.1) is 0 Å². The lowest BCUT2D eigenvalue weighted by Crippen LogP contribution is -1.88. The summed E-state index contributed by atoms with van der Waals surface area (Å²) in [5.74, 6) is -1.38. The highest BCUT2D eigenvalue weighted by atomic mass is 19.1. The molecule has 0 atom stereocenters. The Balaban J connectivity index is 0.000000297. The Bertz CT molecular complexity index is 1150. The molecule has 0 aliphatic heterocycles. The van der Waals surface area contributed by atoms with Crippen LogP contribution in [0.5, 0.6) is 0 Å². The Morgan fingerprint density at radius 3 is 1.35 bits per heavy atom. The molecule has 4 aromatic carbocycles. The number of halogens is 4. The van der Waals surface area contributed by atoms with E-state index in [9.17, 15) is 17.6 Å². The van der Waals surface area contributed by atoms with E-state index in [1.807, 2.05) is 40.7 Å². The van der Waals surface area contributed by atoms with Crippen LogP contribution in [-0.4, -0.2) is 0 Å². The quantitative estimate of drug-likeness (QED) is 0.257. The summed E-state index contributed by atoms with van der Waals surface area (Å²) >= 11 is 0. The molecule has 4 aromatic rings. The topological polar surface area (TPSA) is 0 Å². The molecule has 0 fully saturated rings. The lowest BCUT2D eigenvalue weighted by Gasteiger charge is -2.05. The van der Waals surface area contributed by atoms with E-state index in [-0.39, 0.29) is 17.5 Å². The summed E-state index contributed by atoms with van der Waals surface area (Å²) in [6.45, 7) is 11.6. The normalized spacial score (nSPS) is 9.47. The van der Waals surface area contributed by atoms with Crippen molar-refractivity contribution < 1.29 is 17.6 Å². The Morgan fingerprint density at radius 1 is 0.441 bits per heavy atom. The van der Waals surface area contributed by atoms with Gasteiger partial charge in [0.15, 0.2) is 0 Å². The third-order valence-electron chi connectivity index (χ3n) is 4.57. The number of rotatable bonds is 2. The summed E-state index contributed by atoms with van der Waals surface area (Å²) in [5, 5.41) is 0. The zero-order valence-electron chi connectivity index (χ0n) is 20.6. The second kappa shape index (κ2) is 14.7. The molecule has 4 rings (SSSR count). The standard InChI is InChI=1S/2C13H10F2.2C2H6/c1-9-2-7-12(13(15)8-9)10-3-5-11(14)6-4-10;1-9-6-7-11(13(15)8-9)10-4-2-3-5-12(10)14;2*1-2/h2*2-8H,1H3;2*1-2H3. The molecule has 0 spiro atoms. The van der Waals surface area contributed by atoms with Gasteiger partial charge in [0.2, 0.25) is 0 Å². The molecule has 0 saturated carbocycles. The van der Waals surface area contributed by atoms with Gasteiger partial charge in [-0.3, -0.25) is 0 Å². The molecule has 4 heteroatoms. The maximum absolute atomic E-state index is 13.5. The molecule has 0 saturated heterocycles. The van der Waals surface area contributed by atoms with Crippen molar-refractivity contribution in [3.63, 3.8) is 0 Å². The Kier molecular flexibility index (Phi) is 12.4. The van der Waals surface area contributed by atoms with Gasteiger partial charge in [-0.25, -0.2) is 17.6 Å². The summed E-state index contributed by atoms with van der Waals surface area (Å²) in [6, 6.07) is 21.8. The van der Waals surface area contributed by atoms with Crippen molar-refractivity contribution in [2.45, 2.75) is 41.5 Å². The number of hydrogen-bond acceptors (Lipinski definition) is 0. The second-order valence-electron chi connectivity index (χ2n) is 6.95. The van der Waals surface area contributed by atoms with Crippen molar-refractivity contribution in [2.24, 2.45) is 0 Å². The van der Waals surface area contributed by atoms with Crippen LogP contribution in [0.15, 0.2) is 84.9 Å². The molecular formula is C30H32F4. The molecule has 0 N–H and O–H groups in total. The highest BCUT2D eigenvalue weighted by Gasteiger charge is 2.08. The first-order chi connectivity index (χ1) is 16.3. The van der Waals surface area contributed by atoms with Crippen LogP contribution in [0.4, 0.5) is 17.6 Å². The van der Waals surface area contributed by atoms with Crippen LogP contribution in [-0.2, 0) is 0 Å². The fraction of sp³-hybridized carbons (Fsp3) is 0.200. The predicted octanol–water partition coefficient (Wildman–Crippen LogP) is 9.93. The van der Waals surface area contributed by atoms with Gasteiger partial charge < -0.3 is 0 Å². The fourth-order valence-corrected chi connectivity index (χ4v) is 3.00. The molecule has 0 unspecified atom stereocenters. The minimum atomic E-state index is -0.403. The number of aryl methyl sites for hydroxylation is 2. The molecule has 0 aliphatic carbocycles. The van der Waals surface area contributed by atoms with Gasteiger partial charge in [0.05, 0.1) is 0 Å². The van der Waals surface area contributed by atoms with E-state index >= 15 is 0 Å². The van der Waals surface area contributed by atoms with Gasteiger partial charge in [0.1, 0.15) is 23.3 Å². The monoisotopic (exact) mass is 468 g/mol. The van der Waals surface area contributed by atoms with E-state index in [1.165, 1.54) is 30.3 Å². The first-order valence-electron chi connectivity index (χ1n) is 11.4. The lowest BCUT2D eigenvalue weighted by molar-refractivity contribution is 0.615. The molecular weight excluding hydrogens is 436 g/mol. The predicted molar refractivity (Wildman–Crippen MR) is 136 cm³/mol. The minimum Gasteiger partial charge on any atom is -0.207 e. The SMILES string of the molecule is CC.CC.Cc1ccc(-c2ccc(F)cc2)c(F)c1.Cc1ccc(-c2ccccc2F)c(F)c1. The third-order valence-corrected chi connectivity index (χ3v) is 4.57. The Morgan fingerprint density at radius 2 is 0.882 bits per heavy atom. The lowest BCUT2D eigenvalue weighted by atomic mass is 10.0. The van der Waals surface area contributed by atoms with Crippen molar-refractivity contribution >= 4 is 0 Å². The zero-order chi connectivity index (χ0) is 25.7. The van der Waals surface area contributed by atoms with Crippen LogP contribution < -0.4 is 0 Å². The first kappa shape index (κ1) is 28.6. The van der Waals surface area contributed by atoms with Crippen molar-refractivity contribution in [1.29, 1.82) is 0 Å². The van der Waals surface area contributed by atoms with Crippen LogP contribution in [0.3, 0.4) is 0 Å². The first-order valence-corrected chi connectivity index (χ1v) is 11.4. The largest absolute Gasteiger partial charge is 0.207 e. The summed E-state index contributed by atoms with van der Waals surface area (Å²) in [7, 11) is 0. The number of benzene rings is 4.